The third-order valence-corrected chi connectivity index (χ3v) is 4.57. The van der Waals surface area contributed by atoms with E-state index in [1.807, 2.05) is 6.20 Å². The predicted octanol–water partition coefficient (Wildman–Crippen LogP) is 3.07. The van der Waals surface area contributed by atoms with E-state index in [9.17, 15) is 0 Å². The minimum atomic E-state index is 0.491. The first-order valence-corrected chi connectivity index (χ1v) is 6.92. The highest BCUT2D eigenvalue weighted by molar-refractivity contribution is 7.11. The maximum atomic E-state index is 5.66. The van der Waals surface area contributed by atoms with E-state index in [-0.39, 0.29) is 0 Å². The lowest BCUT2D eigenvalue weighted by Crippen LogP contribution is -2.10. The van der Waals surface area contributed by atoms with Gasteiger partial charge < -0.3 is 5.73 Å². The van der Waals surface area contributed by atoms with E-state index in [0.29, 0.717) is 12.5 Å². The summed E-state index contributed by atoms with van der Waals surface area (Å²) in [6, 6.07) is 8.77. The molecule has 1 aromatic heterocycles. The lowest BCUT2D eigenvalue weighted by Gasteiger charge is -2.23. The average Bonchev–Trinajstić information content (AvgIpc) is 2.87. The van der Waals surface area contributed by atoms with Crippen LogP contribution in [0.3, 0.4) is 0 Å². The summed E-state index contributed by atoms with van der Waals surface area (Å²) in [6.45, 7) is 0.603. The van der Waals surface area contributed by atoms with Crippen LogP contribution in [0.1, 0.15) is 39.8 Å². The van der Waals surface area contributed by atoms with Crippen molar-refractivity contribution in [2.24, 2.45) is 5.73 Å². The molecule has 17 heavy (non-hydrogen) atoms. The van der Waals surface area contributed by atoms with E-state index >= 15 is 0 Å². The molecule has 0 aliphatic heterocycles. The van der Waals surface area contributed by atoms with Crippen molar-refractivity contribution in [2.75, 3.05) is 0 Å². The molecular formula is C14H16N2S. The highest BCUT2D eigenvalue weighted by atomic mass is 32.1. The normalized spacial score (nSPS) is 19.0. The van der Waals surface area contributed by atoms with Gasteiger partial charge in [-0.2, -0.15) is 0 Å². The SMILES string of the molecule is NCc1cnc(C2CCCc3ccccc32)s1. The van der Waals surface area contributed by atoms with E-state index in [4.69, 9.17) is 5.73 Å². The Morgan fingerprint density at radius 3 is 3.06 bits per heavy atom. The Bertz CT molecular complexity index is 518. The number of aryl methyl sites for hydroxylation is 1. The molecule has 2 N–H and O–H groups in total. The molecule has 88 valence electrons. The van der Waals surface area contributed by atoms with Crippen molar-refractivity contribution < 1.29 is 0 Å². The smallest absolute Gasteiger partial charge is 0.100 e. The van der Waals surface area contributed by atoms with Gasteiger partial charge in [0.05, 0.1) is 0 Å². The molecule has 0 saturated heterocycles. The third-order valence-electron chi connectivity index (χ3n) is 3.44. The summed E-state index contributed by atoms with van der Waals surface area (Å²) >= 11 is 1.77. The fourth-order valence-corrected chi connectivity index (χ4v) is 3.54. The first-order valence-electron chi connectivity index (χ1n) is 6.11. The largest absolute Gasteiger partial charge is 0.326 e. The Balaban J connectivity index is 1.99. The van der Waals surface area contributed by atoms with Crippen molar-refractivity contribution >= 4 is 11.3 Å². The summed E-state index contributed by atoms with van der Waals surface area (Å²) in [6.07, 6.45) is 5.62. The number of hydrogen-bond donors (Lipinski definition) is 1. The number of benzene rings is 1. The van der Waals surface area contributed by atoms with Gasteiger partial charge in [-0.05, 0) is 30.4 Å². The van der Waals surface area contributed by atoms with E-state index in [2.05, 4.69) is 29.2 Å². The van der Waals surface area contributed by atoms with Crippen molar-refractivity contribution in [3.63, 3.8) is 0 Å². The monoisotopic (exact) mass is 244 g/mol. The number of thiazole rings is 1. The molecule has 1 aliphatic rings. The van der Waals surface area contributed by atoms with Gasteiger partial charge >= 0.3 is 0 Å². The number of hydrogen-bond acceptors (Lipinski definition) is 3. The van der Waals surface area contributed by atoms with Crippen molar-refractivity contribution in [2.45, 2.75) is 31.7 Å². The minimum Gasteiger partial charge on any atom is -0.326 e. The van der Waals surface area contributed by atoms with E-state index in [1.54, 1.807) is 11.3 Å². The van der Waals surface area contributed by atoms with Crippen molar-refractivity contribution in [1.29, 1.82) is 0 Å². The summed E-state index contributed by atoms with van der Waals surface area (Å²) in [5.74, 6) is 0.491. The van der Waals surface area contributed by atoms with Gasteiger partial charge in [0, 0.05) is 23.5 Å². The quantitative estimate of drug-likeness (QED) is 0.881. The van der Waals surface area contributed by atoms with Crippen LogP contribution in [-0.4, -0.2) is 4.98 Å². The number of fused-ring (bicyclic) bond motifs is 1. The molecule has 1 atom stereocenters. The van der Waals surface area contributed by atoms with Gasteiger partial charge in [-0.1, -0.05) is 24.3 Å². The second-order valence-corrected chi connectivity index (χ2v) is 5.66. The van der Waals surface area contributed by atoms with Crippen molar-refractivity contribution in [3.05, 3.63) is 51.5 Å². The van der Waals surface area contributed by atoms with E-state index in [0.717, 1.165) is 0 Å². The molecule has 2 nitrogen and oxygen atoms in total. The maximum Gasteiger partial charge on any atom is 0.100 e. The first kappa shape index (κ1) is 10.9. The molecule has 0 bridgehead atoms. The summed E-state index contributed by atoms with van der Waals surface area (Å²) in [7, 11) is 0. The van der Waals surface area contributed by atoms with Crippen LogP contribution < -0.4 is 5.73 Å². The molecule has 0 radical (unpaired) electrons. The molecule has 1 aliphatic carbocycles. The highest BCUT2D eigenvalue weighted by Gasteiger charge is 2.23. The van der Waals surface area contributed by atoms with Gasteiger partial charge in [0.25, 0.3) is 0 Å². The highest BCUT2D eigenvalue weighted by Crippen LogP contribution is 2.37. The minimum absolute atomic E-state index is 0.491. The molecule has 0 spiro atoms. The van der Waals surface area contributed by atoms with Crippen LogP contribution in [0.4, 0.5) is 0 Å². The Kier molecular flexibility index (Phi) is 2.95. The van der Waals surface area contributed by atoms with Crippen LogP contribution in [0.2, 0.25) is 0 Å². The van der Waals surface area contributed by atoms with Crippen LogP contribution in [-0.2, 0) is 13.0 Å². The van der Waals surface area contributed by atoms with Crippen LogP contribution in [0, 0.1) is 0 Å². The lowest BCUT2D eigenvalue weighted by atomic mass is 9.83. The van der Waals surface area contributed by atoms with Crippen LogP contribution in [0.15, 0.2) is 30.5 Å². The van der Waals surface area contributed by atoms with Gasteiger partial charge in [-0.25, -0.2) is 4.98 Å². The molecule has 1 heterocycles. The molecule has 3 heteroatoms. The number of nitrogens with two attached hydrogens (primary N) is 1. The Hall–Kier alpha value is -1.19. The summed E-state index contributed by atoms with van der Waals surface area (Å²) in [5, 5.41) is 1.23. The van der Waals surface area contributed by atoms with Crippen LogP contribution in [0.25, 0.3) is 0 Å². The Morgan fingerprint density at radius 2 is 2.24 bits per heavy atom. The molecule has 0 saturated carbocycles. The fourth-order valence-electron chi connectivity index (χ4n) is 2.59. The summed E-state index contributed by atoms with van der Waals surface area (Å²) in [4.78, 5) is 5.73. The first-order chi connectivity index (χ1) is 8.38. The zero-order valence-corrected chi connectivity index (χ0v) is 10.5. The van der Waals surface area contributed by atoms with Gasteiger partial charge in [-0.3, -0.25) is 0 Å². The van der Waals surface area contributed by atoms with Gasteiger partial charge in [0.1, 0.15) is 5.01 Å². The topological polar surface area (TPSA) is 38.9 Å². The Morgan fingerprint density at radius 1 is 1.35 bits per heavy atom. The molecule has 3 rings (SSSR count). The van der Waals surface area contributed by atoms with E-state index < -0.39 is 0 Å². The molecule has 0 fully saturated rings. The zero-order valence-electron chi connectivity index (χ0n) is 9.73. The Labute approximate surface area is 106 Å². The van der Waals surface area contributed by atoms with Crippen molar-refractivity contribution in [3.8, 4) is 0 Å². The number of aromatic nitrogens is 1. The van der Waals surface area contributed by atoms with Crippen LogP contribution >= 0.6 is 11.3 Å². The molecule has 1 unspecified atom stereocenters. The zero-order chi connectivity index (χ0) is 11.7. The molecule has 0 amide bonds. The predicted molar refractivity (Wildman–Crippen MR) is 71.2 cm³/mol. The van der Waals surface area contributed by atoms with Gasteiger partial charge in [-0.15, -0.1) is 11.3 Å². The summed E-state index contributed by atoms with van der Waals surface area (Å²) < 4.78 is 0. The fraction of sp³-hybridized carbons (Fsp3) is 0.357. The number of rotatable bonds is 2. The van der Waals surface area contributed by atoms with Crippen molar-refractivity contribution in [1.82, 2.24) is 4.98 Å². The van der Waals surface area contributed by atoms with E-state index in [1.165, 1.54) is 40.3 Å². The molecule has 2 aromatic rings. The number of nitrogens with zero attached hydrogens (tertiary/aromatic N) is 1. The maximum absolute atomic E-state index is 5.66. The van der Waals surface area contributed by atoms with Gasteiger partial charge in [0.2, 0.25) is 0 Å². The summed E-state index contributed by atoms with van der Waals surface area (Å²) in [5.41, 5.74) is 8.62. The molecule has 1 aromatic carbocycles. The standard InChI is InChI=1S/C14H16N2S/c15-8-11-9-16-14(17-11)13-7-3-5-10-4-1-2-6-12(10)13/h1-2,4,6,9,13H,3,5,7-8,15H2. The van der Waals surface area contributed by atoms with Crippen LogP contribution in [0.5, 0.6) is 0 Å². The lowest BCUT2D eigenvalue weighted by molar-refractivity contribution is 0.613. The third kappa shape index (κ3) is 2.01. The average molecular weight is 244 g/mol. The second kappa shape index (κ2) is 4.59. The molecular weight excluding hydrogens is 228 g/mol. The second-order valence-electron chi connectivity index (χ2n) is 4.51. The van der Waals surface area contributed by atoms with Gasteiger partial charge in [0.15, 0.2) is 0 Å².